The van der Waals surface area contributed by atoms with Crippen molar-refractivity contribution in [2.24, 2.45) is 4.99 Å². The zero-order valence-corrected chi connectivity index (χ0v) is 33.0. The van der Waals surface area contributed by atoms with Gasteiger partial charge in [-0.25, -0.2) is 0 Å². The summed E-state index contributed by atoms with van der Waals surface area (Å²) in [6.45, 7) is 5.85. The Bertz CT molecular complexity index is 1980. The molecule has 51 heavy (non-hydrogen) atoms. The smallest absolute Gasteiger partial charge is 0.285 e. The van der Waals surface area contributed by atoms with Crippen LogP contribution in [0.5, 0.6) is 5.75 Å². The van der Waals surface area contributed by atoms with Crippen molar-refractivity contribution in [2.75, 3.05) is 5.75 Å². The van der Waals surface area contributed by atoms with E-state index in [4.69, 9.17) is 4.74 Å². The normalized spacial score (nSPS) is 14.3. The molecule has 0 atom stereocenters. The molecular weight excluding hydrogens is 858 g/mol. The van der Waals surface area contributed by atoms with Crippen LogP contribution in [0.3, 0.4) is 0 Å². The molecule has 0 saturated carbocycles. The van der Waals surface area contributed by atoms with Crippen LogP contribution in [0.1, 0.15) is 35.2 Å². The second-order valence-corrected chi connectivity index (χ2v) is 14.6. The number of nitrogens with zero attached hydrogens (tertiary/aromatic N) is 2. The van der Waals surface area contributed by atoms with Gasteiger partial charge in [-0.3, -0.25) is 19.3 Å². The van der Waals surface area contributed by atoms with Gasteiger partial charge in [0.05, 0.1) is 20.7 Å². The lowest BCUT2D eigenvalue weighted by molar-refractivity contribution is -0.126. The van der Waals surface area contributed by atoms with Crippen LogP contribution in [0.15, 0.2) is 158 Å². The summed E-state index contributed by atoms with van der Waals surface area (Å²) in [5.41, 5.74) is 3.74. The van der Waals surface area contributed by atoms with Gasteiger partial charge in [0.15, 0.2) is 5.17 Å². The molecule has 1 aliphatic heterocycles. The zero-order chi connectivity index (χ0) is 36.3. The molecule has 5 rings (SSSR count). The van der Waals surface area contributed by atoms with E-state index in [1.54, 1.807) is 43.4 Å². The maximum Gasteiger partial charge on any atom is 0.285 e. The van der Waals surface area contributed by atoms with Gasteiger partial charge in [0.25, 0.3) is 11.8 Å². The van der Waals surface area contributed by atoms with Crippen molar-refractivity contribution in [3.05, 3.63) is 175 Å². The number of aliphatic imine (C=N–C) groups is 1. The van der Waals surface area contributed by atoms with E-state index < -0.39 is 11.8 Å². The van der Waals surface area contributed by atoms with Gasteiger partial charge in [-0.1, -0.05) is 125 Å². The van der Waals surface area contributed by atoms with Gasteiger partial charge in [0.1, 0.15) is 17.9 Å². The van der Waals surface area contributed by atoms with Crippen molar-refractivity contribution in [2.45, 2.75) is 19.6 Å². The molecule has 0 spiro atoms. The first-order valence-corrected chi connectivity index (χ1v) is 19.1. The minimum Gasteiger partial charge on any atom is -0.487 e. The summed E-state index contributed by atoms with van der Waals surface area (Å²) in [6.07, 6.45) is 8.19. The van der Waals surface area contributed by atoms with Crippen LogP contribution in [0.4, 0.5) is 0 Å². The Morgan fingerprint density at radius 1 is 0.941 bits per heavy atom. The molecule has 0 fully saturated rings. The third-order valence-electron chi connectivity index (χ3n) is 7.54. The molecule has 0 aliphatic carbocycles. The largest absolute Gasteiger partial charge is 0.487 e. The maximum atomic E-state index is 14.1. The number of hydrogen-bond acceptors (Lipinski definition) is 5. The molecule has 3 amide bonds. The Kier molecular flexibility index (Phi) is 13.6. The van der Waals surface area contributed by atoms with Crippen LogP contribution in [0.25, 0.3) is 6.08 Å². The topological polar surface area (TPSA) is 88.1 Å². The van der Waals surface area contributed by atoms with Crippen LogP contribution >= 0.6 is 59.6 Å². The minimum absolute atomic E-state index is 0.0884. The van der Waals surface area contributed by atoms with Crippen molar-refractivity contribution in [3.8, 4) is 5.75 Å². The predicted molar refractivity (Wildman–Crippen MR) is 216 cm³/mol. The molecular formula is C40H32Br3N3O4S. The average molecular weight is 890 g/mol. The van der Waals surface area contributed by atoms with Crippen LogP contribution in [-0.2, 0) is 21.0 Å². The number of hydrogen-bond donors (Lipinski definition) is 1. The number of carbonyl (C=O) groups is 3. The third kappa shape index (κ3) is 9.94. The first-order chi connectivity index (χ1) is 24.7. The van der Waals surface area contributed by atoms with Gasteiger partial charge in [0, 0.05) is 10.2 Å². The Morgan fingerprint density at radius 2 is 1.55 bits per heavy atom. The number of amidine groups is 1. The van der Waals surface area contributed by atoms with E-state index in [1.165, 1.54) is 11.0 Å². The third-order valence-corrected chi connectivity index (χ3v) is 10.2. The second-order valence-electron chi connectivity index (χ2n) is 11.0. The highest BCUT2D eigenvalue weighted by molar-refractivity contribution is 9.11. The lowest BCUT2D eigenvalue weighted by Gasteiger charge is -2.28. The SMILES string of the molecule is C=C/C=C\C(=C/C)N1C(=O)/C(=C/c2cc(Br)c(OCc3ccc(Br)cc3)c(Br)c2)C(=O)N=C1SCC(=O)NC(c1ccccc1)c1ccccc1. The molecule has 0 radical (unpaired) electrons. The van der Waals surface area contributed by atoms with Gasteiger partial charge in [-0.15, -0.1) is 0 Å². The number of rotatable bonds is 12. The quantitative estimate of drug-likeness (QED) is 0.0870. The van der Waals surface area contributed by atoms with E-state index in [2.05, 4.69) is 64.7 Å². The summed E-state index contributed by atoms with van der Waals surface area (Å²) < 4.78 is 8.30. The monoisotopic (exact) mass is 887 g/mol. The van der Waals surface area contributed by atoms with Gasteiger partial charge in [0.2, 0.25) is 5.91 Å². The highest BCUT2D eigenvalue weighted by Crippen LogP contribution is 2.37. The molecule has 4 aromatic carbocycles. The maximum absolute atomic E-state index is 14.1. The molecule has 4 aromatic rings. The number of nitrogens with one attached hydrogen (secondary N) is 1. The summed E-state index contributed by atoms with van der Waals surface area (Å²) in [7, 11) is 0. The van der Waals surface area contributed by atoms with Crippen LogP contribution in [0, 0.1) is 0 Å². The van der Waals surface area contributed by atoms with Crippen LogP contribution in [0.2, 0.25) is 0 Å². The van der Waals surface area contributed by atoms with E-state index in [9.17, 15) is 14.4 Å². The summed E-state index contributed by atoms with van der Waals surface area (Å²) in [6, 6.07) is 30.3. The molecule has 0 aromatic heterocycles. The minimum atomic E-state index is -0.712. The lowest BCUT2D eigenvalue weighted by atomic mass is 9.99. The van der Waals surface area contributed by atoms with E-state index in [0.29, 0.717) is 32.6 Å². The molecule has 11 heteroatoms. The molecule has 0 saturated heterocycles. The fourth-order valence-electron chi connectivity index (χ4n) is 5.10. The summed E-state index contributed by atoms with van der Waals surface area (Å²) in [5, 5.41) is 3.20. The highest BCUT2D eigenvalue weighted by Gasteiger charge is 2.35. The number of thioether (sulfide) groups is 1. The fourth-order valence-corrected chi connectivity index (χ4v) is 7.62. The van der Waals surface area contributed by atoms with Gasteiger partial charge >= 0.3 is 0 Å². The van der Waals surface area contributed by atoms with Crippen LogP contribution in [-0.4, -0.2) is 33.5 Å². The molecule has 258 valence electrons. The molecule has 0 bridgehead atoms. The van der Waals surface area contributed by atoms with Crippen molar-refractivity contribution >= 4 is 88.5 Å². The first kappa shape index (κ1) is 38.0. The standard InChI is InChI=1S/C40H32Br3N3O4S/c1-3-5-16-31(4-2)46-39(49)32(21-27-22-33(42)37(34(43)23-27)50-24-26-17-19-30(41)20-18-26)38(48)45-40(46)51-25-35(47)44-36(28-12-8-6-9-13-28)29-14-10-7-11-15-29/h3-23,36H,1,24-25H2,2H3,(H,44,47)/b16-5-,31-4+,32-21+. The number of allylic oxidation sites excluding steroid dienone is 4. The van der Waals surface area contributed by atoms with Crippen LogP contribution < -0.4 is 10.1 Å². The van der Waals surface area contributed by atoms with E-state index in [-0.39, 0.29) is 28.4 Å². The highest BCUT2D eigenvalue weighted by atomic mass is 79.9. The fraction of sp³-hybridized carbons (Fsp3) is 0.100. The zero-order valence-electron chi connectivity index (χ0n) is 27.4. The summed E-state index contributed by atoms with van der Waals surface area (Å²) in [4.78, 5) is 46.7. The Labute approximate surface area is 326 Å². The summed E-state index contributed by atoms with van der Waals surface area (Å²) in [5.74, 6) is -1.09. The summed E-state index contributed by atoms with van der Waals surface area (Å²) >= 11 is 11.6. The molecule has 0 unspecified atom stereocenters. The van der Waals surface area contributed by atoms with Gasteiger partial charge in [-0.05, 0) is 97.5 Å². The van der Waals surface area contributed by atoms with Crippen molar-refractivity contribution in [1.82, 2.24) is 10.2 Å². The van der Waals surface area contributed by atoms with Crippen molar-refractivity contribution < 1.29 is 19.1 Å². The Hall–Kier alpha value is -4.29. The van der Waals surface area contributed by atoms with E-state index in [1.807, 2.05) is 84.9 Å². The first-order valence-electron chi connectivity index (χ1n) is 15.7. The van der Waals surface area contributed by atoms with E-state index >= 15 is 0 Å². The molecule has 1 heterocycles. The van der Waals surface area contributed by atoms with Crippen molar-refractivity contribution in [1.29, 1.82) is 0 Å². The number of halogens is 3. The molecule has 7 nitrogen and oxygen atoms in total. The molecule has 1 aliphatic rings. The van der Waals surface area contributed by atoms with Gasteiger partial charge in [-0.2, -0.15) is 4.99 Å². The number of ether oxygens (including phenoxy) is 1. The van der Waals surface area contributed by atoms with E-state index in [0.717, 1.165) is 32.9 Å². The second kappa shape index (κ2) is 18.3. The Morgan fingerprint density at radius 3 is 2.12 bits per heavy atom. The number of benzene rings is 4. The average Bonchev–Trinajstić information content (AvgIpc) is 3.13. The molecule has 1 N–H and O–H groups in total. The predicted octanol–water partition coefficient (Wildman–Crippen LogP) is 9.95. The van der Waals surface area contributed by atoms with Gasteiger partial charge < -0.3 is 10.1 Å². The number of carbonyl (C=O) groups excluding carboxylic acids is 3. The number of amides is 3. The van der Waals surface area contributed by atoms with Crippen molar-refractivity contribution in [3.63, 3.8) is 0 Å². The Balaban J connectivity index is 1.39. The lowest BCUT2D eigenvalue weighted by Crippen LogP contribution is -2.42.